The molecule has 0 heterocycles. The minimum atomic E-state index is 0.0295. The molecular weight excluding hydrogens is 202 g/mol. The third kappa shape index (κ3) is 6.05. The third-order valence-electron chi connectivity index (χ3n) is 1.39. The van der Waals surface area contributed by atoms with Gasteiger partial charge in [0.25, 0.3) is 0 Å². The number of thioether (sulfide) groups is 2. The summed E-state index contributed by atoms with van der Waals surface area (Å²) < 4.78 is 0. The second-order valence-electron chi connectivity index (χ2n) is 2.33. The van der Waals surface area contributed by atoms with Crippen molar-refractivity contribution < 1.29 is 4.79 Å². The summed E-state index contributed by atoms with van der Waals surface area (Å²) in [6, 6.07) is 0. The van der Waals surface area contributed by atoms with Crippen LogP contribution < -0.4 is 0 Å². The summed E-state index contributed by atoms with van der Waals surface area (Å²) in [7, 11) is 0. The maximum Gasteiger partial charge on any atom is 0.247 e. The first-order valence-corrected chi connectivity index (χ1v) is 6.64. The Balaban J connectivity index is 3.86. The molecule has 4 heteroatoms. The highest BCUT2D eigenvalue weighted by Crippen LogP contribution is 2.09. The van der Waals surface area contributed by atoms with Gasteiger partial charge in [0.1, 0.15) is 0 Å². The highest BCUT2D eigenvalue weighted by atomic mass is 32.2. The predicted molar refractivity (Wildman–Crippen MR) is 63.0 cm³/mol. The van der Waals surface area contributed by atoms with Gasteiger partial charge in [0, 0.05) is 0 Å². The average molecular weight is 219 g/mol. The lowest BCUT2D eigenvalue weighted by Crippen LogP contribution is -2.28. The molecule has 0 aliphatic carbocycles. The van der Waals surface area contributed by atoms with Crippen LogP contribution in [-0.2, 0) is 4.79 Å². The number of carbonyl (C=O) groups excluding carboxylic acids is 1. The molecule has 0 unspecified atom stereocenters. The molecule has 76 valence electrons. The second-order valence-corrected chi connectivity index (χ2v) is 4.81. The quantitative estimate of drug-likeness (QED) is 0.484. The van der Waals surface area contributed by atoms with E-state index in [0.29, 0.717) is 0 Å². The minimum absolute atomic E-state index is 0.0295. The number of hydrogen-bond donors (Lipinski definition) is 0. The molecule has 0 aromatic rings. The fraction of sp³-hybridized carbons (Fsp3) is 0.667. The van der Waals surface area contributed by atoms with E-state index in [-0.39, 0.29) is 5.91 Å². The molecule has 0 saturated carbocycles. The van der Waals surface area contributed by atoms with Crippen LogP contribution in [0.4, 0.5) is 0 Å². The molecule has 0 bridgehead atoms. The molecule has 0 rings (SSSR count). The summed E-state index contributed by atoms with van der Waals surface area (Å²) in [6.45, 7) is 7.67. The minimum Gasteiger partial charge on any atom is -0.321 e. The Morgan fingerprint density at radius 2 is 1.77 bits per heavy atom. The predicted octanol–water partition coefficient (Wildman–Crippen LogP) is 2.42. The largest absolute Gasteiger partial charge is 0.321 e. The number of amides is 1. The fourth-order valence-electron chi connectivity index (χ4n) is 0.697. The van der Waals surface area contributed by atoms with Crippen LogP contribution in [0.2, 0.25) is 0 Å². The van der Waals surface area contributed by atoms with Crippen molar-refractivity contribution in [3.8, 4) is 0 Å². The summed E-state index contributed by atoms with van der Waals surface area (Å²) in [5, 5.41) is 0. The van der Waals surface area contributed by atoms with Gasteiger partial charge < -0.3 is 4.90 Å². The fourth-order valence-corrected chi connectivity index (χ4v) is 2.06. The second kappa shape index (κ2) is 8.51. The molecule has 2 nitrogen and oxygen atoms in total. The molecule has 0 aliphatic heterocycles. The lowest BCUT2D eigenvalue weighted by molar-refractivity contribution is -0.124. The van der Waals surface area contributed by atoms with Crippen molar-refractivity contribution in [3.05, 3.63) is 12.7 Å². The molecule has 0 aliphatic rings. The zero-order valence-corrected chi connectivity index (χ0v) is 9.92. The zero-order chi connectivity index (χ0) is 10.1. The van der Waals surface area contributed by atoms with Crippen LogP contribution >= 0.6 is 23.5 Å². The van der Waals surface area contributed by atoms with Gasteiger partial charge in [-0.05, 0) is 17.6 Å². The molecule has 13 heavy (non-hydrogen) atoms. The average Bonchev–Trinajstić information content (AvgIpc) is 2.17. The lowest BCUT2D eigenvalue weighted by Gasteiger charge is -2.19. The third-order valence-corrected chi connectivity index (χ3v) is 3.19. The van der Waals surface area contributed by atoms with Crippen molar-refractivity contribution in [1.82, 2.24) is 4.90 Å². The normalized spacial score (nSPS) is 9.69. The molecule has 0 atom stereocenters. The molecule has 0 radical (unpaired) electrons. The molecule has 0 aromatic heterocycles. The van der Waals surface area contributed by atoms with Crippen molar-refractivity contribution in [3.63, 3.8) is 0 Å². The zero-order valence-electron chi connectivity index (χ0n) is 8.28. The maximum absolute atomic E-state index is 11.3. The van der Waals surface area contributed by atoms with Crippen molar-refractivity contribution in [2.45, 2.75) is 13.8 Å². The Labute approximate surface area is 89.1 Å². The summed E-state index contributed by atoms with van der Waals surface area (Å²) in [6.07, 6.45) is 1.38. The molecule has 0 aromatic carbocycles. The van der Waals surface area contributed by atoms with Crippen molar-refractivity contribution >= 4 is 29.4 Å². The van der Waals surface area contributed by atoms with E-state index in [4.69, 9.17) is 0 Å². The number of rotatable bonds is 7. The summed E-state index contributed by atoms with van der Waals surface area (Å²) in [5.41, 5.74) is 0. The molecule has 1 amide bonds. The Hall–Kier alpha value is -0.0900. The maximum atomic E-state index is 11.3. The molecule has 0 spiro atoms. The van der Waals surface area contributed by atoms with Crippen LogP contribution in [0, 0.1) is 0 Å². The van der Waals surface area contributed by atoms with Crippen LogP contribution in [-0.4, -0.2) is 34.1 Å². The van der Waals surface area contributed by atoms with Crippen molar-refractivity contribution in [2.75, 3.05) is 23.3 Å². The molecule has 0 saturated heterocycles. The number of carbonyl (C=O) groups is 1. The van der Waals surface area contributed by atoms with Crippen molar-refractivity contribution in [1.29, 1.82) is 0 Å². The SMILES string of the molecule is C=CC(=O)N(CSCC)CSCC. The first kappa shape index (κ1) is 12.9. The van der Waals surface area contributed by atoms with Gasteiger partial charge >= 0.3 is 0 Å². The number of hydrogen-bond acceptors (Lipinski definition) is 3. The van der Waals surface area contributed by atoms with E-state index < -0.39 is 0 Å². The van der Waals surface area contributed by atoms with E-state index in [2.05, 4.69) is 20.4 Å². The van der Waals surface area contributed by atoms with Gasteiger partial charge in [-0.25, -0.2) is 0 Å². The Morgan fingerprint density at radius 1 is 1.31 bits per heavy atom. The molecule has 0 fully saturated rings. The highest BCUT2D eigenvalue weighted by molar-refractivity contribution is 8.00. The first-order valence-electron chi connectivity index (χ1n) is 4.33. The standard InChI is InChI=1S/C9H17NOS2/c1-4-9(11)10(7-12-5-2)8-13-6-3/h4H,1,5-8H2,2-3H3. The lowest BCUT2D eigenvalue weighted by atomic mass is 10.5. The van der Waals surface area contributed by atoms with Gasteiger partial charge in [-0.15, -0.1) is 23.5 Å². The van der Waals surface area contributed by atoms with Gasteiger partial charge in [0.05, 0.1) is 11.8 Å². The Morgan fingerprint density at radius 3 is 2.08 bits per heavy atom. The molecular formula is C9H17NOS2. The van der Waals surface area contributed by atoms with Crippen LogP contribution in [0.5, 0.6) is 0 Å². The van der Waals surface area contributed by atoms with Crippen LogP contribution in [0.15, 0.2) is 12.7 Å². The highest BCUT2D eigenvalue weighted by Gasteiger charge is 2.08. The van der Waals surface area contributed by atoms with Crippen LogP contribution in [0.1, 0.15) is 13.8 Å². The van der Waals surface area contributed by atoms with Gasteiger partial charge in [-0.1, -0.05) is 20.4 Å². The van der Waals surface area contributed by atoms with E-state index in [9.17, 15) is 4.79 Å². The topological polar surface area (TPSA) is 20.3 Å². The summed E-state index contributed by atoms with van der Waals surface area (Å²) in [4.78, 5) is 13.1. The van der Waals surface area contributed by atoms with Gasteiger partial charge in [-0.3, -0.25) is 4.79 Å². The Kier molecular flexibility index (Phi) is 8.45. The van der Waals surface area contributed by atoms with E-state index in [1.807, 2.05) is 4.90 Å². The van der Waals surface area contributed by atoms with Gasteiger partial charge in [0.15, 0.2) is 0 Å². The summed E-state index contributed by atoms with van der Waals surface area (Å²) in [5.74, 6) is 3.65. The van der Waals surface area contributed by atoms with Gasteiger partial charge in [0.2, 0.25) is 5.91 Å². The van der Waals surface area contributed by atoms with E-state index in [1.54, 1.807) is 23.5 Å². The van der Waals surface area contributed by atoms with E-state index in [0.717, 1.165) is 23.3 Å². The van der Waals surface area contributed by atoms with Crippen LogP contribution in [0.3, 0.4) is 0 Å². The first-order chi connectivity index (χ1) is 6.26. The van der Waals surface area contributed by atoms with Crippen LogP contribution in [0.25, 0.3) is 0 Å². The number of nitrogens with zero attached hydrogens (tertiary/aromatic N) is 1. The Bertz CT molecular complexity index is 154. The smallest absolute Gasteiger partial charge is 0.247 e. The molecule has 0 N–H and O–H groups in total. The summed E-state index contributed by atoms with van der Waals surface area (Å²) >= 11 is 3.51. The van der Waals surface area contributed by atoms with E-state index in [1.165, 1.54) is 6.08 Å². The monoisotopic (exact) mass is 219 g/mol. The van der Waals surface area contributed by atoms with E-state index >= 15 is 0 Å². The van der Waals surface area contributed by atoms with Crippen molar-refractivity contribution in [2.24, 2.45) is 0 Å². The van der Waals surface area contributed by atoms with Gasteiger partial charge in [-0.2, -0.15) is 0 Å².